The lowest BCUT2D eigenvalue weighted by molar-refractivity contribution is -0.130. The first kappa shape index (κ1) is 25.0. The maximum Gasteiger partial charge on any atom is 0.259 e. The van der Waals surface area contributed by atoms with Gasteiger partial charge in [0.1, 0.15) is 18.1 Å². The van der Waals surface area contributed by atoms with E-state index in [-0.39, 0.29) is 12.5 Å². The lowest BCUT2D eigenvalue weighted by atomic mass is 10.1. The molecule has 0 aliphatic carbocycles. The first-order valence-corrected chi connectivity index (χ1v) is 10.5. The summed E-state index contributed by atoms with van der Waals surface area (Å²) in [6, 6.07) is 13.8. The van der Waals surface area contributed by atoms with Crippen molar-refractivity contribution in [2.75, 3.05) is 48.1 Å². The highest BCUT2D eigenvalue weighted by molar-refractivity contribution is 5.79. The summed E-state index contributed by atoms with van der Waals surface area (Å²) >= 11 is 0. The largest absolute Gasteiger partial charge is 0.491 e. The average Bonchev–Trinajstić information content (AvgIpc) is 2.79. The van der Waals surface area contributed by atoms with Crippen LogP contribution in [0.1, 0.15) is 16.7 Å². The number of guanidine groups is 1. The minimum absolute atomic E-state index is 0.0123. The number of benzene rings is 2. The van der Waals surface area contributed by atoms with Crippen molar-refractivity contribution in [3.05, 3.63) is 59.2 Å². The van der Waals surface area contributed by atoms with E-state index in [4.69, 9.17) is 14.2 Å². The van der Waals surface area contributed by atoms with Crippen LogP contribution in [0.2, 0.25) is 0 Å². The number of amides is 1. The van der Waals surface area contributed by atoms with E-state index in [1.807, 2.05) is 43.3 Å². The highest BCUT2D eigenvalue weighted by Gasteiger charge is 2.08. The summed E-state index contributed by atoms with van der Waals surface area (Å²) in [7, 11) is 6.79. The fourth-order valence-electron chi connectivity index (χ4n) is 2.78. The summed E-state index contributed by atoms with van der Waals surface area (Å²) in [6.07, 6.45) is 0. The van der Waals surface area contributed by atoms with Crippen LogP contribution >= 0.6 is 0 Å². The van der Waals surface area contributed by atoms with Gasteiger partial charge in [0.2, 0.25) is 0 Å². The molecule has 0 heterocycles. The number of methoxy groups -OCH3 is 1. The van der Waals surface area contributed by atoms with Gasteiger partial charge in [0.05, 0.1) is 6.61 Å². The van der Waals surface area contributed by atoms with Crippen molar-refractivity contribution in [3.8, 4) is 11.5 Å². The van der Waals surface area contributed by atoms with Crippen LogP contribution in [0.25, 0.3) is 0 Å². The molecule has 0 unspecified atom stereocenters. The van der Waals surface area contributed by atoms with Crippen molar-refractivity contribution in [2.45, 2.75) is 20.0 Å². The smallest absolute Gasteiger partial charge is 0.259 e. The van der Waals surface area contributed by atoms with E-state index < -0.39 is 0 Å². The normalized spacial score (nSPS) is 11.1. The quantitative estimate of drug-likeness (QED) is 0.316. The Morgan fingerprint density at radius 3 is 2.53 bits per heavy atom. The van der Waals surface area contributed by atoms with Crippen molar-refractivity contribution < 1.29 is 19.0 Å². The average molecular weight is 443 g/mol. The number of ether oxygens (including phenoxy) is 3. The van der Waals surface area contributed by atoms with Crippen LogP contribution in [-0.4, -0.2) is 64.8 Å². The number of nitrogens with one attached hydrogen (secondary N) is 2. The predicted molar refractivity (Wildman–Crippen MR) is 126 cm³/mol. The lowest BCUT2D eigenvalue weighted by Gasteiger charge is -2.16. The molecule has 0 aliphatic rings. The fraction of sp³-hybridized carbons (Fsp3) is 0.417. The molecule has 2 N–H and O–H groups in total. The van der Waals surface area contributed by atoms with Crippen LogP contribution < -0.4 is 20.1 Å². The van der Waals surface area contributed by atoms with Gasteiger partial charge in [-0.15, -0.1) is 0 Å². The molecule has 0 aliphatic heterocycles. The van der Waals surface area contributed by atoms with Crippen molar-refractivity contribution in [1.82, 2.24) is 15.5 Å². The van der Waals surface area contributed by atoms with E-state index >= 15 is 0 Å². The SMILES string of the molecule is CN=C(NCc1cccc(OCC(=O)N(C)C)c1)NCc1ccc(C)cc1OCCOC. The molecule has 174 valence electrons. The highest BCUT2D eigenvalue weighted by Crippen LogP contribution is 2.20. The summed E-state index contributed by atoms with van der Waals surface area (Å²) < 4.78 is 16.5. The molecular weight excluding hydrogens is 408 g/mol. The molecule has 2 aromatic rings. The highest BCUT2D eigenvalue weighted by atomic mass is 16.5. The Balaban J connectivity index is 1.90. The standard InChI is InChI=1S/C24H34N4O4/c1-18-9-10-20(22(13-18)31-12-11-30-5)16-27-24(25-2)26-15-19-7-6-8-21(14-19)32-17-23(29)28(3)4/h6-10,13-14H,11-12,15-17H2,1-5H3,(H2,25,26,27). The zero-order valence-corrected chi connectivity index (χ0v) is 19.6. The second-order valence-corrected chi connectivity index (χ2v) is 7.46. The molecule has 8 heteroatoms. The van der Waals surface area contributed by atoms with Crippen molar-refractivity contribution in [2.24, 2.45) is 4.99 Å². The molecule has 0 atom stereocenters. The molecule has 2 aromatic carbocycles. The molecule has 8 nitrogen and oxygen atoms in total. The molecule has 0 spiro atoms. The Kier molecular flexibility index (Phi) is 10.3. The van der Waals surface area contributed by atoms with Gasteiger partial charge in [-0.2, -0.15) is 0 Å². The van der Waals surface area contributed by atoms with E-state index in [0.717, 1.165) is 22.4 Å². The molecule has 1 amide bonds. The summed E-state index contributed by atoms with van der Waals surface area (Å²) in [6.45, 7) is 4.21. The molecule has 0 bridgehead atoms. The number of carbonyl (C=O) groups is 1. The van der Waals surface area contributed by atoms with Gasteiger partial charge < -0.3 is 29.7 Å². The van der Waals surface area contributed by atoms with Gasteiger partial charge in [0.15, 0.2) is 12.6 Å². The summed E-state index contributed by atoms with van der Waals surface area (Å²) in [5.74, 6) is 2.07. The summed E-state index contributed by atoms with van der Waals surface area (Å²) in [5, 5.41) is 6.62. The van der Waals surface area contributed by atoms with Gasteiger partial charge in [-0.1, -0.05) is 24.3 Å². The van der Waals surface area contributed by atoms with Gasteiger partial charge in [0, 0.05) is 46.9 Å². The molecule has 0 saturated carbocycles. The summed E-state index contributed by atoms with van der Waals surface area (Å²) in [5.41, 5.74) is 3.19. The Morgan fingerprint density at radius 2 is 1.81 bits per heavy atom. The number of likely N-dealkylation sites (N-methyl/N-ethyl adjacent to an activating group) is 1. The van der Waals surface area contributed by atoms with E-state index in [1.54, 1.807) is 28.3 Å². The van der Waals surface area contributed by atoms with Crippen LogP contribution in [0.5, 0.6) is 11.5 Å². The molecule has 32 heavy (non-hydrogen) atoms. The number of aryl methyl sites for hydroxylation is 1. The third-order valence-corrected chi connectivity index (χ3v) is 4.66. The van der Waals surface area contributed by atoms with Crippen LogP contribution in [0.15, 0.2) is 47.5 Å². The summed E-state index contributed by atoms with van der Waals surface area (Å²) in [4.78, 5) is 17.5. The van der Waals surface area contributed by atoms with Crippen molar-refractivity contribution in [3.63, 3.8) is 0 Å². The number of hydrogen-bond acceptors (Lipinski definition) is 5. The molecule has 2 rings (SSSR count). The minimum atomic E-state index is -0.0835. The zero-order chi connectivity index (χ0) is 23.3. The molecule has 0 fully saturated rings. The maximum absolute atomic E-state index is 11.7. The number of hydrogen-bond donors (Lipinski definition) is 2. The Bertz CT molecular complexity index is 899. The van der Waals surface area contributed by atoms with Gasteiger partial charge in [-0.05, 0) is 36.2 Å². The molecular formula is C24H34N4O4. The number of nitrogens with zero attached hydrogens (tertiary/aromatic N) is 2. The van der Waals surface area contributed by atoms with Crippen molar-refractivity contribution >= 4 is 11.9 Å². The van der Waals surface area contributed by atoms with E-state index in [9.17, 15) is 4.79 Å². The van der Waals surface area contributed by atoms with E-state index in [2.05, 4.69) is 21.7 Å². The molecule has 0 radical (unpaired) electrons. The third-order valence-electron chi connectivity index (χ3n) is 4.66. The van der Waals surface area contributed by atoms with Crippen molar-refractivity contribution in [1.29, 1.82) is 0 Å². The lowest BCUT2D eigenvalue weighted by Crippen LogP contribution is -2.36. The third kappa shape index (κ3) is 8.47. The predicted octanol–water partition coefficient (Wildman–Crippen LogP) is 2.35. The monoisotopic (exact) mass is 442 g/mol. The van der Waals surface area contributed by atoms with Crippen LogP contribution in [-0.2, 0) is 22.6 Å². The Labute approximate surface area is 190 Å². The first-order chi connectivity index (χ1) is 15.4. The van der Waals surface area contributed by atoms with Crippen LogP contribution in [0, 0.1) is 6.92 Å². The molecule has 0 saturated heterocycles. The second kappa shape index (κ2) is 13.2. The van der Waals surface area contributed by atoms with E-state index in [0.29, 0.717) is 38.0 Å². The molecule has 0 aromatic heterocycles. The van der Waals surface area contributed by atoms with Gasteiger partial charge in [-0.3, -0.25) is 9.79 Å². The number of aliphatic imine (C=N–C) groups is 1. The maximum atomic E-state index is 11.7. The Hall–Kier alpha value is -3.26. The number of carbonyl (C=O) groups excluding carboxylic acids is 1. The number of rotatable bonds is 11. The zero-order valence-electron chi connectivity index (χ0n) is 19.6. The van der Waals surface area contributed by atoms with E-state index in [1.165, 1.54) is 4.90 Å². The second-order valence-electron chi connectivity index (χ2n) is 7.46. The van der Waals surface area contributed by atoms with Gasteiger partial charge in [0.25, 0.3) is 5.91 Å². The van der Waals surface area contributed by atoms with Crippen LogP contribution in [0.3, 0.4) is 0 Å². The minimum Gasteiger partial charge on any atom is -0.491 e. The topological polar surface area (TPSA) is 84.4 Å². The van der Waals surface area contributed by atoms with Gasteiger partial charge >= 0.3 is 0 Å². The Morgan fingerprint density at radius 1 is 1.03 bits per heavy atom. The first-order valence-electron chi connectivity index (χ1n) is 10.5. The van der Waals surface area contributed by atoms with Gasteiger partial charge in [-0.25, -0.2) is 0 Å². The fourth-order valence-corrected chi connectivity index (χ4v) is 2.78. The van der Waals surface area contributed by atoms with Crippen LogP contribution in [0.4, 0.5) is 0 Å².